The van der Waals surface area contributed by atoms with Crippen molar-refractivity contribution in [2.24, 2.45) is 0 Å². The predicted molar refractivity (Wildman–Crippen MR) is 87.6 cm³/mol. The lowest BCUT2D eigenvalue weighted by Gasteiger charge is -2.06. The Morgan fingerprint density at radius 1 is 1.23 bits per heavy atom. The normalized spacial score (nSPS) is 10.8. The van der Waals surface area contributed by atoms with Crippen LogP contribution in [0.2, 0.25) is 0 Å². The maximum absolute atomic E-state index is 4.42. The van der Waals surface area contributed by atoms with Crippen molar-refractivity contribution in [3.05, 3.63) is 45.9 Å². The Morgan fingerprint density at radius 3 is 2.77 bits per heavy atom. The van der Waals surface area contributed by atoms with Gasteiger partial charge in [-0.25, -0.2) is 4.98 Å². The van der Waals surface area contributed by atoms with E-state index in [0.29, 0.717) is 5.95 Å². The van der Waals surface area contributed by atoms with Crippen LogP contribution in [0.5, 0.6) is 0 Å². The van der Waals surface area contributed by atoms with Crippen LogP contribution in [0.1, 0.15) is 22.4 Å². The van der Waals surface area contributed by atoms with E-state index in [2.05, 4.69) is 39.7 Å². The maximum Gasteiger partial charge on any atom is 0.247 e. The fourth-order valence-electron chi connectivity index (χ4n) is 2.07. The molecule has 1 aromatic carbocycles. The summed E-state index contributed by atoms with van der Waals surface area (Å²) < 4.78 is 1.71. The summed E-state index contributed by atoms with van der Waals surface area (Å²) in [5, 5.41) is 16.2. The second-order valence-corrected chi connectivity index (χ2v) is 6.20. The number of hydrogen-bond donors (Lipinski definition) is 1. The van der Waals surface area contributed by atoms with Crippen molar-refractivity contribution < 1.29 is 0 Å². The van der Waals surface area contributed by atoms with Crippen molar-refractivity contribution in [1.29, 1.82) is 0 Å². The van der Waals surface area contributed by atoms with E-state index >= 15 is 0 Å². The summed E-state index contributed by atoms with van der Waals surface area (Å²) in [6, 6.07) is 8.10. The zero-order valence-corrected chi connectivity index (χ0v) is 13.5. The van der Waals surface area contributed by atoms with Crippen molar-refractivity contribution in [3.8, 4) is 5.69 Å². The number of thiazole rings is 1. The Labute approximate surface area is 133 Å². The quantitative estimate of drug-likeness (QED) is 0.757. The number of rotatable bonds is 6. The number of nitrogens with zero attached hydrogens (tertiary/aromatic N) is 5. The fraction of sp³-hybridized carbons (Fsp3) is 0.333. The van der Waals surface area contributed by atoms with Gasteiger partial charge in [-0.15, -0.1) is 11.3 Å². The molecule has 3 aromatic rings. The Balaban J connectivity index is 1.64. The molecule has 22 heavy (non-hydrogen) atoms. The van der Waals surface area contributed by atoms with Gasteiger partial charge in [-0.2, -0.15) is 4.68 Å². The first kappa shape index (κ1) is 14.6. The van der Waals surface area contributed by atoms with E-state index in [0.717, 1.165) is 30.1 Å². The Hall–Kier alpha value is -2.28. The minimum absolute atomic E-state index is 0.649. The van der Waals surface area contributed by atoms with Crippen LogP contribution in [-0.4, -0.2) is 31.7 Å². The molecule has 0 saturated heterocycles. The van der Waals surface area contributed by atoms with Crippen LogP contribution in [-0.2, 0) is 12.8 Å². The average molecular weight is 314 g/mol. The molecule has 0 aliphatic heterocycles. The molecule has 0 aliphatic carbocycles. The number of tetrazole rings is 1. The van der Waals surface area contributed by atoms with Crippen LogP contribution < -0.4 is 5.32 Å². The topological polar surface area (TPSA) is 68.5 Å². The summed E-state index contributed by atoms with van der Waals surface area (Å²) in [5.41, 5.74) is 2.16. The van der Waals surface area contributed by atoms with Crippen molar-refractivity contribution in [2.45, 2.75) is 26.7 Å². The number of nitrogens with one attached hydrogen (secondary N) is 1. The third-order valence-electron chi connectivity index (χ3n) is 3.32. The van der Waals surface area contributed by atoms with Gasteiger partial charge in [0.2, 0.25) is 5.95 Å². The first-order valence-corrected chi connectivity index (χ1v) is 8.11. The summed E-state index contributed by atoms with van der Waals surface area (Å²) in [4.78, 5) is 5.74. The van der Waals surface area contributed by atoms with Crippen molar-refractivity contribution in [2.75, 3.05) is 11.9 Å². The first-order chi connectivity index (χ1) is 10.8. The van der Waals surface area contributed by atoms with Crippen molar-refractivity contribution >= 4 is 17.3 Å². The maximum atomic E-state index is 4.42. The van der Waals surface area contributed by atoms with E-state index in [1.54, 1.807) is 16.0 Å². The molecule has 114 valence electrons. The van der Waals surface area contributed by atoms with Crippen molar-refractivity contribution in [1.82, 2.24) is 25.2 Å². The summed E-state index contributed by atoms with van der Waals surface area (Å²) in [6.07, 6.45) is 3.86. The molecule has 0 spiro atoms. The summed E-state index contributed by atoms with van der Waals surface area (Å²) in [7, 11) is 0. The van der Waals surface area contributed by atoms with Gasteiger partial charge in [-0.05, 0) is 35.9 Å². The van der Waals surface area contributed by atoms with Gasteiger partial charge in [0.15, 0.2) is 0 Å². The van der Waals surface area contributed by atoms with Gasteiger partial charge in [0, 0.05) is 24.0 Å². The van der Waals surface area contributed by atoms with E-state index < -0.39 is 0 Å². The number of benzene rings is 1. The molecule has 0 saturated carbocycles. The molecular formula is C15H18N6S. The molecule has 2 aromatic heterocycles. The summed E-state index contributed by atoms with van der Waals surface area (Å²) in [6.45, 7) is 4.95. The van der Waals surface area contributed by atoms with Gasteiger partial charge < -0.3 is 5.32 Å². The Bertz CT molecular complexity index is 731. The second kappa shape index (κ2) is 6.65. The average Bonchev–Trinajstić information content (AvgIpc) is 3.17. The highest BCUT2D eigenvalue weighted by atomic mass is 32.1. The standard InChI is InChI=1S/C15H18N6S/c1-3-13-10-17-14(22-13)8-9-16-15-18-19-20-21(15)12-6-4-11(2)5-7-12/h4-7,10H,3,8-9H2,1-2H3,(H,16,18,20). The van der Waals surface area contributed by atoms with E-state index in [1.807, 2.05) is 30.5 Å². The highest BCUT2D eigenvalue weighted by molar-refractivity contribution is 7.11. The van der Waals surface area contributed by atoms with E-state index in [-0.39, 0.29) is 0 Å². The Morgan fingerprint density at radius 2 is 2.05 bits per heavy atom. The van der Waals surface area contributed by atoms with Crippen LogP contribution >= 0.6 is 11.3 Å². The molecule has 0 radical (unpaired) electrons. The van der Waals surface area contributed by atoms with Gasteiger partial charge in [0.25, 0.3) is 0 Å². The number of anilines is 1. The number of hydrogen-bond acceptors (Lipinski definition) is 6. The van der Waals surface area contributed by atoms with Crippen LogP contribution in [0.4, 0.5) is 5.95 Å². The zero-order valence-electron chi connectivity index (χ0n) is 12.7. The van der Waals surface area contributed by atoms with Gasteiger partial charge in [0.05, 0.1) is 10.7 Å². The van der Waals surface area contributed by atoms with Crippen LogP contribution in [0.15, 0.2) is 30.5 Å². The van der Waals surface area contributed by atoms with Gasteiger partial charge >= 0.3 is 0 Å². The molecule has 0 unspecified atom stereocenters. The van der Waals surface area contributed by atoms with Crippen molar-refractivity contribution in [3.63, 3.8) is 0 Å². The molecule has 0 amide bonds. The molecule has 0 aliphatic rings. The predicted octanol–water partition coefficient (Wildman–Crippen LogP) is 2.64. The minimum atomic E-state index is 0.649. The molecule has 1 N–H and O–H groups in total. The van der Waals surface area contributed by atoms with Gasteiger partial charge in [-0.1, -0.05) is 29.7 Å². The molecule has 0 fully saturated rings. The SMILES string of the molecule is CCc1cnc(CCNc2nnnn2-c2ccc(C)cc2)s1. The molecule has 7 heteroatoms. The highest BCUT2D eigenvalue weighted by Gasteiger charge is 2.08. The zero-order chi connectivity index (χ0) is 15.4. The Kier molecular flexibility index (Phi) is 4.43. The lowest BCUT2D eigenvalue weighted by atomic mass is 10.2. The van der Waals surface area contributed by atoms with Gasteiger partial charge in [-0.3, -0.25) is 0 Å². The molecular weight excluding hydrogens is 296 g/mol. The fourth-order valence-corrected chi connectivity index (χ4v) is 2.93. The van der Waals surface area contributed by atoms with E-state index in [4.69, 9.17) is 0 Å². The summed E-state index contributed by atoms with van der Waals surface area (Å²) >= 11 is 1.76. The van der Waals surface area contributed by atoms with Crippen LogP contribution in [0.25, 0.3) is 5.69 Å². The molecule has 0 atom stereocenters. The van der Waals surface area contributed by atoms with Crippen LogP contribution in [0, 0.1) is 6.92 Å². The third-order valence-corrected chi connectivity index (χ3v) is 4.52. The smallest absolute Gasteiger partial charge is 0.247 e. The molecule has 6 nitrogen and oxygen atoms in total. The summed E-state index contributed by atoms with van der Waals surface area (Å²) in [5.74, 6) is 0.649. The monoisotopic (exact) mass is 314 g/mol. The second-order valence-electron chi connectivity index (χ2n) is 5.00. The number of aromatic nitrogens is 5. The lowest BCUT2D eigenvalue weighted by Crippen LogP contribution is -2.10. The highest BCUT2D eigenvalue weighted by Crippen LogP contribution is 2.15. The largest absolute Gasteiger partial charge is 0.352 e. The molecule has 3 rings (SSSR count). The lowest BCUT2D eigenvalue weighted by molar-refractivity contribution is 0.788. The van der Waals surface area contributed by atoms with Crippen LogP contribution in [0.3, 0.4) is 0 Å². The van der Waals surface area contributed by atoms with Gasteiger partial charge in [0.1, 0.15) is 0 Å². The van der Waals surface area contributed by atoms with E-state index in [1.165, 1.54) is 10.4 Å². The van der Waals surface area contributed by atoms with E-state index in [9.17, 15) is 0 Å². The third kappa shape index (κ3) is 3.30. The molecule has 2 heterocycles. The first-order valence-electron chi connectivity index (χ1n) is 7.29. The number of aryl methyl sites for hydroxylation is 2. The molecule has 0 bridgehead atoms. The minimum Gasteiger partial charge on any atom is -0.352 e.